The van der Waals surface area contributed by atoms with Gasteiger partial charge < -0.3 is 9.15 Å². The lowest BCUT2D eigenvalue weighted by atomic mass is 10.2. The Morgan fingerprint density at radius 3 is 2.27 bits per heavy atom. The third-order valence-corrected chi connectivity index (χ3v) is 4.94. The molecule has 1 aromatic heterocycles. The normalized spacial score (nSPS) is 11.2. The predicted octanol–water partition coefficient (Wildman–Crippen LogP) is 3.67. The van der Waals surface area contributed by atoms with Gasteiger partial charge in [-0.1, -0.05) is 0 Å². The van der Waals surface area contributed by atoms with Gasteiger partial charge in [0.05, 0.1) is 12.0 Å². The molecule has 0 spiro atoms. The number of nitrogens with one attached hydrogen (secondary N) is 1. The lowest BCUT2D eigenvalue weighted by molar-refractivity contribution is 0.0566. The fourth-order valence-electron chi connectivity index (χ4n) is 2.23. The fourth-order valence-corrected chi connectivity index (χ4v) is 3.29. The third-order valence-electron chi connectivity index (χ3n) is 3.54. The number of rotatable bonds is 5. The van der Waals surface area contributed by atoms with Gasteiger partial charge in [0.2, 0.25) is 5.76 Å². The minimum atomic E-state index is -3.81. The van der Waals surface area contributed by atoms with Crippen LogP contribution in [0.5, 0.6) is 0 Å². The van der Waals surface area contributed by atoms with Crippen LogP contribution in [0.2, 0.25) is 0 Å². The van der Waals surface area contributed by atoms with E-state index in [1.54, 1.807) is 18.2 Å². The average Bonchev–Trinajstić information content (AvgIpc) is 3.13. The second kappa shape index (κ2) is 7.01. The van der Waals surface area contributed by atoms with Crippen molar-refractivity contribution < 1.29 is 26.8 Å². The smallest absolute Gasteiger partial charge is 0.373 e. The Labute approximate surface area is 149 Å². The molecule has 0 bridgehead atoms. The van der Waals surface area contributed by atoms with E-state index >= 15 is 0 Å². The number of furan rings is 1. The molecule has 2 aromatic carbocycles. The first-order chi connectivity index (χ1) is 12.4. The largest absolute Gasteiger partial charge is 0.463 e. The van der Waals surface area contributed by atoms with Crippen LogP contribution in [-0.4, -0.2) is 21.5 Å². The zero-order valence-electron chi connectivity index (χ0n) is 13.6. The minimum absolute atomic E-state index is 0.0327. The molecular formula is C18H14FNO5S. The molecular weight excluding hydrogens is 361 g/mol. The van der Waals surface area contributed by atoms with E-state index < -0.39 is 21.8 Å². The van der Waals surface area contributed by atoms with Gasteiger partial charge in [-0.2, -0.15) is 0 Å². The van der Waals surface area contributed by atoms with E-state index in [1.807, 2.05) is 0 Å². The maximum Gasteiger partial charge on any atom is 0.373 e. The summed E-state index contributed by atoms with van der Waals surface area (Å²) in [6.45, 7) is 0. The molecule has 0 saturated heterocycles. The summed E-state index contributed by atoms with van der Waals surface area (Å²) in [6, 6.07) is 14.0. The molecule has 0 saturated carbocycles. The zero-order chi connectivity index (χ0) is 18.7. The Morgan fingerprint density at radius 2 is 1.65 bits per heavy atom. The van der Waals surface area contributed by atoms with Crippen LogP contribution in [0.1, 0.15) is 10.6 Å². The number of carbonyl (C=O) groups excluding carboxylic acids is 1. The molecule has 134 valence electrons. The van der Waals surface area contributed by atoms with Crippen molar-refractivity contribution in [1.82, 2.24) is 0 Å². The van der Waals surface area contributed by atoms with Crippen molar-refractivity contribution in [3.05, 3.63) is 72.2 Å². The van der Waals surface area contributed by atoms with Crippen molar-refractivity contribution >= 4 is 21.7 Å². The van der Waals surface area contributed by atoms with Crippen LogP contribution >= 0.6 is 0 Å². The number of benzene rings is 2. The van der Waals surface area contributed by atoms with Gasteiger partial charge in [-0.05, 0) is 60.7 Å². The number of ether oxygens (including phenoxy) is 1. The summed E-state index contributed by atoms with van der Waals surface area (Å²) in [4.78, 5) is 11.4. The van der Waals surface area contributed by atoms with Crippen LogP contribution in [0, 0.1) is 5.82 Å². The highest BCUT2D eigenvalue weighted by atomic mass is 32.2. The molecule has 1 N–H and O–H groups in total. The second-order valence-electron chi connectivity index (χ2n) is 5.29. The molecule has 0 amide bonds. The summed E-state index contributed by atoms with van der Waals surface area (Å²) in [7, 11) is -2.57. The van der Waals surface area contributed by atoms with Crippen LogP contribution < -0.4 is 4.72 Å². The first-order valence-electron chi connectivity index (χ1n) is 7.46. The van der Waals surface area contributed by atoms with E-state index in [-0.39, 0.29) is 16.3 Å². The molecule has 6 nitrogen and oxygen atoms in total. The zero-order valence-corrected chi connectivity index (χ0v) is 14.4. The van der Waals surface area contributed by atoms with Crippen molar-refractivity contribution in [1.29, 1.82) is 0 Å². The standard InChI is InChI=1S/C18H14FNO5S/c1-24-18(21)17-11-10-16(25-17)12-2-8-15(9-3-12)26(22,23)20-14-6-4-13(19)5-7-14/h2-11,20H,1H3. The van der Waals surface area contributed by atoms with Crippen LogP contribution in [0.3, 0.4) is 0 Å². The van der Waals surface area contributed by atoms with Gasteiger partial charge >= 0.3 is 5.97 Å². The molecule has 8 heteroatoms. The molecule has 3 rings (SSSR count). The highest BCUT2D eigenvalue weighted by Crippen LogP contribution is 2.25. The molecule has 0 radical (unpaired) electrons. The monoisotopic (exact) mass is 375 g/mol. The van der Waals surface area contributed by atoms with Crippen molar-refractivity contribution in [2.24, 2.45) is 0 Å². The Bertz CT molecular complexity index is 1020. The second-order valence-corrected chi connectivity index (χ2v) is 6.97. The van der Waals surface area contributed by atoms with Crippen molar-refractivity contribution in [2.75, 3.05) is 11.8 Å². The lowest BCUT2D eigenvalue weighted by Gasteiger charge is -2.08. The minimum Gasteiger partial charge on any atom is -0.463 e. The SMILES string of the molecule is COC(=O)c1ccc(-c2ccc(S(=O)(=O)Nc3ccc(F)cc3)cc2)o1. The maximum absolute atomic E-state index is 12.9. The molecule has 26 heavy (non-hydrogen) atoms. The maximum atomic E-state index is 12.9. The number of methoxy groups -OCH3 is 1. The predicted molar refractivity (Wildman–Crippen MR) is 92.7 cm³/mol. The third kappa shape index (κ3) is 3.75. The van der Waals surface area contributed by atoms with Crippen LogP contribution in [0.4, 0.5) is 10.1 Å². The van der Waals surface area contributed by atoms with Crippen LogP contribution in [-0.2, 0) is 14.8 Å². The highest BCUT2D eigenvalue weighted by Gasteiger charge is 2.16. The lowest BCUT2D eigenvalue weighted by Crippen LogP contribution is -2.12. The summed E-state index contributed by atoms with van der Waals surface area (Å²) >= 11 is 0. The van der Waals surface area contributed by atoms with E-state index in [9.17, 15) is 17.6 Å². The number of carbonyl (C=O) groups is 1. The average molecular weight is 375 g/mol. The Hall–Kier alpha value is -3.13. The van der Waals surface area contributed by atoms with Crippen molar-refractivity contribution in [3.63, 3.8) is 0 Å². The van der Waals surface area contributed by atoms with Crippen LogP contribution in [0.25, 0.3) is 11.3 Å². The van der Waals surface area contributed by atoms with Crippen LogP contribution in [0.15, 0.2) is 70.0 Å². The molecule has 0 unspecified atom stereocenters. The van der Waals surface area contributed by atoms with E-state index in [0.717, 1.165) is 12.1 Å². The molecule has 0 atom stereocenters. The molecule has 3 aromatic rings. The summed E-state index contributed by atoms with van der Waals surface area (Å²) in [5, 5.41) is 0. The summed E-state index contributed by atoms with van der Waals surface area (Å²) in [5.74, 6) is -0.598. The van der Waals surface area contributed by atoms with Gasteiger partial charge in [-0.15, -0.1) is 0 Å². The van der Waals surface area contributed by atoms with Gasteiger partial charge in [0.15, 0.2) is 0 Å². The van der Waals surface area contributed by atoms with Crippen molar-refractivity contribution in [2.45, 2.75) is 4.90 Å². The molecule has 1 heterocycles. The summed E-state index contributed by atoms with van der Waals surface area (Å²) in [6.07, 6.45) is 0. The highest BCUT2D eigenvalue weighted by molar-refractivity contribution is 7.92. The quantitative estimate of drug-likeness (QED) is 0.688. The van der Waals surface area contributed by atoms with E-state index in [2.05, 4.69) is 9.46 Å². The topological polar surface area (TPSA) is 85.6 Å². The Balaban J connectivity index is 1.81. The first-order valence-corrected chi connectivity index (χ1v) is 8.94. The fraction of sp³-hybridized carbons (Fsp3) is 0.0556. The number of sulfonamides is 1. The van der Waals surface area contributed by atoms with E-state index in [1.165, 1.54) is 37.4 Å². The number of hydrogen-bond donors (Lipinski definition) is 1. The molecule has 0 aliphatic rings. The number of halogens is 1. The van der Waals surface area contributed by atoms with Gasteiger partial charge in [-0.25, -0.2) is 17.6 Å². The number of anilines is 1. The van der Waals surface area contributed by atoms with E-state index in [4.69, 9.17) is 4.42 Å². The Morgan fingerprint density at radius 1 is 1.00 bits per heavy atom. The number of esters is 1. The van der Waals surface area contributed by atoms with Gasteiger partial charge in [0, 0.05) is 11.3 Å². The molecule has 0 aliphatic carbocycles. The van der Waals surface area contributed by atoms with E-state index in [0.29, 0.717) is 11.3 Å². The Kier molecular flexibility index (Phi) is 4.77. The summed E-state index contributed by atoms with van der Waals surface area (Å²) in [5.41, 5.74) is 0.852. The molecule has 0 aliphatic heterocycles. The number of hydrogen-bond acceptors (Lipinski definition) is 5. The first kappa shape index (κ1) is 17.7. The molecule has 0 fully saturated rings. The van der Waals surface area contributed by atoms with Crippen molar-refractivity contribution in [3.8, 4) is 11.3 Å². The summed E-state index contributed by atoms with van der Waals surface area (Å²) < 4.78 is 50.0. The van der Waals surface area contributed by atoms with Gasteiger partial charge in [-0.3, -0.25) is 4.72 Å². The van der Waals surface area contributed by atoms with Gasteiger partial charge in [0.25, 0.3) is 10.0 Å². The van der Waals surface area contributed by atoms with Gasteiger partial charge in [0.1, 0.15) is 11.6 Å².